The summed E-state index contributed by atoms with van der Waals surface area (Å²) in [4.78, 5) is 22.6. The molecule has 0 aliphatic heterocycles. The van der Waals surface area contributed by atoms with Crippen molar-refractivity contribution in [3.8, 4) is 0 Å². The lowest BCUT2D eigenvalue weighted by atomic mass is 10.3. The lowest BCUT2D eigenvalue weighted by Crippen LogP contribution is -2.27. The maximum Gasteiger partial charge on any atom is 0.269 e. The Morgan fingerprint density at radius 1 is 1.62 bits per heavy atom. The van der Waals surface area contributed by atoms with Gasteiger partial charge in [-0.2, -0.15) is 0 Å². The molecule has 0 aliphatic rings. The van der Waals surface area contributed by atoms with Gasteiger partial charge in [-0.05, 0) is 0 Å². The van der Waals surface area contributed by atoms with Crippen LogP contribution in [0.1, 0.15) is 16.3 Å². The van der Waals surface area contributed by atoms with Crippen molar-refractivity contribution in [2.75, 3.05) is 6.54 Å². The molecule has 2 rings (SSSR count). The number of amides is 1. The molecule has 6 nitrogen and oxygen atoms in total. The SMILES string of the molecule is Cn1cncc1C(=O)NCCc1ncc[nH]1. The Morgan fingerprint density at radius 3 is 3.12 bits per heavy atom. The van der Waals surface area contributed by atoms with Crippen molar-refractivity contribution in [3.63, 3.8) is 0 Å². The number of carbonyl (C=O) groups is 1. The quantitative estimate of drug-likeness (QED) is 0.766. The molecule has 0 saturated carbocycles. The molecular formula is C10H13N5O. The van der Waals surface area contributed by atoms with Crippen LogP contribution < -0.4 is 5.32 Å². The van der Waals surface area contributed by atoms with Crippen molar-refractivity contribution in [1.29, 1.82) is 0 Å². The minimum atomic E-state index is -0.119. The Labute approximate surface area is 92.7 Å². The first-order valence-electron chi connectivity index (χ1n) is 5.00. The molecule has 2 aromatic rings. The van der Waals surface area contributed by atoms with Gasteiger partial charge in [0.05, 0.1) is 12.5 Å². The molecule has 1 amide bonds. The van der Waals surface area contributed by atoms with Gasteiger partial charge < -0.3 is 14.9 Å². The summed E-state index contributed by atoms with van der Waals surface area (Å²) in [6.45, 7) is 0.553. The lowest BCUT2D eigenvalue weighted by Gasteiger charge is -2.03. The van der Waals surface area contributed by atoms with Crippen molar-refractivity contribution in [3.05, 3.63) is 36.4 Å². The number of aromatic nitrogens is 4. The summed E-state index contributed by atoms with van der Waals surface area (Å²) in [5, 5.41) is 2.80. The molecular weight excluding hydrogens is 206 g/mol. The van der Waals surface area contributed by atoms with Gasteiger partial charge in [0.15, 0.2) is 0 Å². The van der Waals surface area contributed by atoms with E-state index in [9.17, 15) is 4.79 Å². The smallest absolute Gasteiger partial charge is 0.269 e. The average Bonchev–Trinajstić information content (AvgIpc) is 2.88. The summed E-state index contributed by atoms with van der Waals surface area (Å²) in [5.74, 6) is 0.747. The van der Waals surface area contributed by atoms with Crippen LogP contribution >= 0.6 is 0 Å². The minimum Gasteiger partial charge on any atom is -0.350 e. The molecule has 0 unspecified atom stereocenters. The monoisotopic (exact) mass is 219 g/mol. The average molecular weight is 219 g/mol. The third-order valence-corrected chi connectivity index (χ3v) is 2.25. The highest BCUT2D eigenvalue weighted by Crippen LogP contribution is 1.96. The van der Waals surface area contributed by atoms with Gasteiger partial charge in [0, 0.05) is 32.4 Å². The summed E-state index contributed by atoms with van der Waals surface area (Å²) in [6.07, 6.45) is 7.29. The van der Waals surface area contributed by atoms with Gasteiger partial charge >= 0.3 is 0 Å². The van der Waals surface area contributed by atoms with Crippen molar-refractivity contribution in [2.24, 2.45) is 7.05 Å². The maximum absolute atomic E-state index is 11.7. The van der Waals surface area contributed by atoms with E-state index in [4.69, 9.17) is 0 Å². The predicted molar refractivity (Wildman–Crippen MR) is 57.8 cm³/mol. The van der Waals surface area contributed by atoms with Gasteiger partial charge in [-0.25, -0.2) is 9.97 Å². The lowest BCUT2D eigenvalue weighted by molar-refractivity contribution is 0.0946. The number of hydrogen-bond acceptors (Lipinski definition) is 3. The largest absolute Gasteiger partial charge is 0.350 e. The highest BCUT2D eigenvalue weighted by Gasteiger charge is 2.08. The van der Waals surface area contributed by atoms with Crippen LogP contribution in [0, 0.1) is 0 Å². The molecule has 2 aromatic heterocycles. The molecule has 0 aliphatic carbocycles. The van der Waals surface area contributed by atoms with E-state index < -0.39 is 0 Å². The van der Waals surface area contributed by atoms with E-state index in [0.29, 0.717) is 18.7 Å². The molecule has 16 heavy (non-hydrogen) atoms. The molecule has 0 aromatic carbocycles. The molecule has 0 atom stereocenters. The standard InChI is InChI=1S/C10H13N5O/c1-15-7-11-6-8(15)10(16)14-3-2-9-12-4-5-13-9/h4-7H,2-3H2,1H3,(H,12,13)(H,14,16). The number of carbonyl (C=O) groups excluding carboxylic acids is 1. The predicted octanol–water partition coefficient (Wildman–Crippen LogP) is 0.116. The zero-order valence-electron chi connectivity index (χ0n) is 8.97. The van der Waals surface area contributed by atoms with Gasteiger partial charge in [0.1, 0.15) is 11.5 Å². The van der Waals surface area contributed by atoms with Gasteiger partial charge in [0.25, 0.3) is 5.91 Å². The number of imidazole rings is 2. The molecule has 0 fully saturated rings. The summed E-state index contributed by atoms with van der Waals surface area (Å²) in [7, 11) is 1.79. The molecule has 84 valence electrons. The number of nitrogens with one attached hydrogen (secondary N) is 2. The van der Waals surface area contributed by atoms with E-state index in [0.717, 1.165) is 5.82 Å². The van der Waals surface area contributed by atoms with Crippen LogP contribution in [-0.2, 0) is 13.5 Å². The summed E-state index contributed by atoms with van der Waals surface area (Å²) < 4.78 is 1.68. The number of rotatable bonds is 4. The van der Waals surface area contributed by atoms with Crippen molar-refractivity contribution < 1.29 is 4.79 Å². The molecule has 0 bridgehead atoms. The van der Waals surface area contributed by atoms with Gasteiger partial charge in [-0.1, -0.05) is 0 Å². The Balaban J connectivity index is 1.83. The normalized spacial score (nSPS) is 10.3. The Bertz CT molecular complexity index is 459. The number of H-pyrrole nitrogens is 1. The van der Waals surface area contributed by atoms with Crippen molar-refractivity contribution in [2.45, 2.75) is 6.42 Å². The molecule has 0 radical (unpaired) electrons. The van der Waals surface area contributed by atoms with Crippen LogP contribution in [0.3, 0.4) is 0 Å². The van der Waals surface area contributed by atoms with Gasteiger partial charge in [0.2, 0.25) is 0 Å². The van der Waals surface area contributed by atoms with E-state index in [1.165, 1.54) is 0 Å². The van der Waals surface area contributed by atoms with Gasteiger partial charge in [-0.15, -0.1) is 0 Å². The molecule has 0 saturated heterocycles. The first-order chi connectivity index (χ1) is 7.77. The Kier molecular flexibility index (Phi) is 3.00. The highest BCUT2D eigenvalue weighted by molar-refractivity contribution is 5.92. The molecule has 2 N–H and O–H groups in total. The van der Waals surface area contributed by atoms with Crippen molar-refractivity contribution in [1.82, 2.24) is 24.8 Å². The van der Waals surface area contributed by atoms with E-state index >= 15 is 0 Å². The topological polar surface area (TPSA) is 75.6 Å². The number of nitrogens with zero attached hydrogens (tertiary/aromatic N) is 3. The first-order valence-corrected chi connectivity index (χ1v) is 5.00. The summed E-state index contributed by atoms with van der Waals surface area (Å²) >= 11 is 0. The molecule has 6 heteroatoms. The Hall–Kier alpha value is -2.11. The minimum absolute atomic E-state index is 0.119. The fraction of sp³-hybridized carbons (Fsp3) is 0.300. The van der Waals surface area contributed by atoms with E-state index in [1.807, 2.05) is 0 Å². The van der Waals surface area contributed by atoms with Crippen LogP contribution in [-0.4, -0.2) is 32.0 Å². The third kappa shape index (κ3) is 2.28. The zero-order chi connectivity index (χ0) is 11.4. The molecule has 0 spiro atoms. The summed E-state index contributed by atoms with van der Waals surface area (Å²) in [6, 6.07) is 0. The van der Waals surface area contributed by atoms with Crippen LogP contribution in [0.2, 0.25) is 0 Å². The van der Waals surface area contributed by atoms with E-state index in [1.54, 1.807) is 36.5 Å². The maximum atomic E-state index is 11.7. The van der Waals surface area contributed by atoms with Gasteiger partial charge in [-0.3, -0.25) is 4.79 Å². The highest BCUT2D eigenvalue weighted by atomic mass is 16.1. The van der Waals surface area contributed by atoms with Crippen LogP contribution in [0.15, 0.2) is 24.9 Å². The third-order valence-electron chi connectivity index (χ3n) is 2.25. The van der Waals surface area contributed by atoms with Crippen LogP contribution in [0.4, 0.5) is 0 Å². The zero-order valence-corrected chi connectivity index (χ0v) is 8.97. The van der Waals surface area contributed by atoms with Crippen molar-refractivity contribution >= 4 is 5.91 Å². The number of hydrogen-bond donors (Lipinski definition) is 2. The van der Waals surface area contributed by atoms with E-state index in [2.05, 4.69) is 20.3 Å². The van der Waals surface area contributed by atoms with Crippen LogP contribution in [0.25, 0.3) is 0 Å². The van der Waals surface area contributed by atoms with Crippen LogP contribution in [0.5, 0.6) is 0 Å². The molecule has 2 heterocycles. The van der Waals surface area contributed by atoms with E-state index in [-0.39, 0.29) is 5.91 Å². The Morgan fingerprint density at radius 2 is 2.50 bits per heavy atom. The first kappa shape index (κ1) is 10.4. The number of aryl methyl sites for hydroxylation is 1. The second-order valence-corrected chi connectivity index (χ2v) is 3.43. The fourth-order valence-corrected chi connectivity index (χ4v) is 1.40. The second kappa shape index (κ2) is 4.61. The summed E-state index contributed by atoms with van der Waals surface area (Å²) in [5.41, 5.74) is 0.555. The fourth-order valence-electron chi connectivity index (χ4n) is 1.40. The number of aromatic amines is 1. The second-order valence-electron chi connectivity index (χ2n) is 3.43.